The molecular weight excluding hydrogens is 268 g/mol. The van der Waals surface area contributed by atoms with Gasteiger partial charge in [-0.1, -0.05) is 0 Å². The minimum absolute atomic E-state index is 0.158. The summed E-state index contributed by atoms with van der Waals surface area (Å²) in [6.45, 7) is 3.63. The monoisotopic (exact) mass is 288 g/mol. The van der Waals surface area contributed by atoms with Crippen molar-refractivity contribution in [3.05, 3.63) is 17.7 Å². The van der Waals surface area contributed by atoms with Crippen LogP contribution in [0.25, 0.3) is 0 Å². The smallest absolute Gasteiger partial charge is 0.241 e. The van der Waals surface area contributed by atoms with Gasteiger partial charge >= 0.3 is 0 Å². The summed E-state index contributed by atoms with van der Waals surface area (Å²) in [5, 5.41) is 0. The van der Waals surface area contributed by atoms with E-state index in [0.717, 1.165) is 0 Å². The molecule has 0 bridgehead atoms. The molecule has 0 saturated heterocycles. The molecule has 0 heterocycles. The Bertz CT molecular complexity index is 543. The predicted octanol–water partition coefficient (Wildman–Crippen LogP) is 0.638. The first-order valence-corrected chi connectivity index (χ1v) is 7.29. The van der Waals surface area contributed by atoms with E-state index in [1.165, 1.54) is 20.3 Å². The van der Waals surface area contributed by atoms with Gasteiger partial charge in [0, 0.05) is 18.7 Å². The molecule has 0 fully saturated rings. The molecular formula is C12H20N2O4S. The summed E-state index contributed by atoms with van der Waals surface area (Å²) in [4.78, 5) is 0.158. The lowest BCUT2D eigenvalue weighted by atomic mass is 10.2. The van der Waals surface area contributed by atoms with Crippen LogP contribution in [-0.2, 0) is 10.0 Å². The van der Waals surface area contributed by atoms with Gasteiger partial charge in [-0.25, -0.2) is 13.1 Å². The largest absolute Gasteiger partial charge is 0.493 e. The van der Waals surface area contributed by atoms with Crippen LogP contribution in [0, 0.1) is 6.92 Å². The van der Waals surface area contributed by atoms with Crippen molar-refractivity contribution in [3.63, 3.8) is 0 Å². The van der Waals surface area contributed by atoms with Gasteiger partial charge in [-0.2, -0.15) is 0 Å². The standard InChI is InChI=1S/C12H20N2O4S/c1-8-5-10(17-3)11(18-4)6-12(8)19(15,16)14-9(2)7-13/h5-6,9,14H,7,13H2,1-4H3/t9-/m1/s1. The molecule has 0 aliphatic carbocycles. The first-order valence-electron chi connectivity index (χ1n) is 5.80. The van der Waals surface area contributed by atoms with E-state index in [9.17, 15) is 8.42 Å². The summed E-state index contributed by atoms with van der Waals surface area (Å²) in [5.74, 6) is 0.861. The second-order valence-electron chi connectivity index (χ2n) is 4.23. The normalized spacial score (nSPS) is 13.1. The second-order valence-corrected chi connectivity index (χ2v) is 5.91. The molecule has 0 spiro atoms. The molecule has 1 rings (SSSR count). The Morgan fingerprint density at radius 2 is 1.79 bits per heavy atom. The van der Waals surface area contributed by atoms with Gasteiger partial charge in [-0.3, -0.25) is 0 Å². The molecule has 19 heavy (non-hydrogen) atoms. The number of nitrogens with one attached hydrogen (secondary N) is 1. The average Bonchev–Trinajstić information content (AvgIpc) is 2.37. The van der Waals surface area contributed by atoms with Crippen molar-refractivity contribution < 1.29 is 17.9 Å². The van der Waals surface area contributed by atoms with Crippen LogP contribution in [-0.4, -0.2) is 35.2 Å². The highest BCUT2D eigenvalue weighted by Crippen LogP contribution is 2.32. The Labute approximate surface area is 113 Å². The summed E-state index contributed by atoms with van der Waals surface area (Å²) in [6, 6.07) is 2.73. The van der Waals surface area contributed by atoms with Crippen LogP contribution < -0.4 is 19.9 Å². The Kier molecular flexibility index (Phi) is 5.16. The van der Waals surface area contributed by atoms with Crippen molar-refractivity contribution in [2.24, 2.45) is 5.73 Å². The first-order chi connectivity index (χ1) is 8.85. The summed E-state index contributed by atoms with van der Waals surface area (Å²) in [7, 11) is -0.667. The lowest BCUT2D eigenvalue weighted by Gasteiger charge is -2.16. The van der Waals surface area contributed by atoms with Crippen molar-refractivity contribution >= 4 is 10.0 Å². The van der Waals surface area contributed by atoms with E-state index < -0.39 is 10.0 Å². The third kappa shape index (κ3) is 3.59. The number of methoxy groups -OCH3 is 2. The molecule has 108 valence electrons. The number of rotatable bonds is 6. The fourth-order valence-corrected chi connectivity index (χ4v) is 3.13. The highest BCUT2D eigenvalue weighted by atomic mass is 32.2. The van der Waals surface area contributed by atoms with E-state index >= 15 is 0 Å². The first kappa shape index (κ1) is 15.7. The van der Waals surface area contributed by atoms with Crippen molar-refractivity contribution in [3.8, 4) is 11.5 Å². The van der Waals surface area contributed by atoms with Crippen LogP contribution in [0.2, 0.25) is 0 Å². The van der Waals surface area contributed by atoms with Gasteiger partial charge in [0.25, 0.3) is 0 Å². The zero-order valence-corrected chi connectivity index (χ0v) is 12.4. The molecule has 6 nitrogen and oxygen atoms in total. The van der Waals surface area contributed by atoms with Gasteiger partial charge in [0.2, 0.25) is 10.0 Å². The van der Waals surface area contributed by atoms with E-state index in [0.29, 0.717) is 17.1 Å². The van der Waals surface area contributed by atoms with Crippen LogP contribution in [0.4, 0.5) is 0 Å². The fourth-order valence-electron chi connectivity index (χ4n) is 1.63. The minimum atomic E-state index is -3.63. The highest BCUT2D eigenvalue weighted by Gasteiger charge is 2.21. The molecule has 0 amide bonds. The molecule has 0 aromatic heterocycles. The van der Waals surface area contributed by atoms with Gasteiger partial charge < -0.3 is 15.2 Å². The molecule has 7 heteroatoms. The van der Waals surface area contributed by atoms with Crippen molar-refractivity contribution in [1.29, 1.82) is 0 Å². The Morgan fingerprint density at radius 3 is 2.26 bits per heavy atom. The molecule has 0 aliphatic heterocycles. The SMILES string of the molecule is COc1cc(C)c(S(=O)(=O)N[C@H](C)CN)cc1OC. The third-order valence-electron chi connectivity index (χ3n) is 2.68. The minimum Gasteiger partial charge on any atom is -0.493 e. The quantitative estimate of drug-likeness (QED) is 0.801. The van der Waals surface area contributed by atoms with E-state index in [1.54, 1.807) is 19.9 Å². The Hall–Kier alpha value is -1.31. The van der Waals surface area contributed by atoms with Crippen LogP contribution in [0.1, 0.15) is 12.5 Å². The number of hydrogen-bond donors (Lipinski definition) is 2. The number of ether oxygens (including phenoxy) is 2. The van der Waals surface area contributed by atoms with Crippen molar-refractivity contribution in [2.45, 2.75) is 24.8 Å². The van der Waals surface area contributed by atoms with Gasteiger partial charge in [0.1, 0.15) is 0 Å². The summed E-state index contributed by atoms with van der Waals surface area (Å²) in [6.07, 6.45) is 0. The molecule has 1 aromatic carbocycles. The summed E-state index contributed by atoms with van der Waals surface area (Å²) < 4.78 is 37.2. The lowest BCUT2D eigenvalue weighted by Crippen LogP contribution is -2.38. The predicted molar refractivity (Wildman–Crippen MR) is 73.1 cm³/mol. The zero-order valence-electron chi connectivity index (χ0n) is 11.6. The van der Waals surface area contributed by atoms with E-state index in [4.69, 9.17) is 15.2 Å². The maximum atomic E-state index is 12.2. The van der Waals surface area contributed by atoms with Crippen LogP contribution >= 0.6 is 0 Å². The number of benzene rings is 1. The van der Waals surface area contributed by atoms with Gasteiger partial charge in [-0.15, -0.1) is 0 Å². The maximum absolute atomic E-state index is 12.2. The van der Waals surface area contributed by atoms with Gasteiger partial charge in [0.15, 0.2) is 11.5 Å². The van der Waals surface area contributed by atoms with Crippen LogP contribution in [0.5, 0.6) is 11.5 Å². The van der Waals surface area contributed by atoms with Crippen molar-refractivity contribution in [1.82, 2.24) is 4.72 Å². The van der Waals surface area contributed by atoms with Gasteiger partial charge in [0.05, 0.1) is 19.1 Å². The summed E-state index contributed by atoms with van der Waals surface area (Å²) in [5.41, 5.74) is 6.00. The van der Waals surface area contributed by atoms with E-state index in [-0.39, 0.29) is 17.5 Å². The van der Waals surface area contributed by atoms with Crippen LogP contribution in [0.3, 0.4) is 0 Å². The molecule has 0 unspecified atom stereocenters. The number of nitrogens with two attached hydrogens (primary N) is 1. The second kappa shape index (κ2) is 6.23. The lowest BCUT2D eigenvalue weighted by molar-refractivity contribution is 0.353. The van der Waals surface area contributed by atoms with E-state index in [1.807, 2.05) is 0 Å². The summed E-state index contributed by atoms with van der Waals surface area (Å²) >= 11 is 0. The Balaban J connectivity index is 3.27. The fraction of sp³-hybridized carbons (Fsp3) is 0.500. The highest BCUT2D eigenvalue weighted by molar-refractivity contribution is 7.89. The maximum Gasteiger partial charge on any atom is 0.241 e. The zero-order chi connectivity index (χ0) is 14.6. The average molecular weight is 288 g/mol. The van der Waals surface area contributed by atoms with Crippen molar-refractivity contribution in [2.75, 3.05) is 20.8 Å². The third-order valence-corrected chi connectivity index (χ3v) is 4.41. The number of aryl methyl sites for hydroxylation is 1. The molecule has 0 radical (unpaired) electrons. The number of hydrogen-bond acceptors (Lipinski definition) is 5. The topological polar surface area (TPSA) is 90.7 Å². The molecule has 3 N–H and O–H groups in total. The Morgan fingerprint density at radius 1 is 1.26 bits per heavy atom. The molecule has 0 aliphatic rings. The van der Waals surface area contributed by atoms with Gasteiger partial charge in [-0.05, 0) is 25.5 Å². The molecule has 0 saturated carbocycles. The van der Waals surface area contributed by atoms with Crippen LogP contribution in [0.15, 0.2) is 17.0 Å². The molecule has 1 aromatic rings. The van der Waals surface area contributed by atoms with E-state index in [2.05, 4.69) is 4.72 Å². The molecule has 1 atom stereocenters. The number of sulfonamides is 1.